The highest BCUT2D eigenvalue weighted by Crippen LogP contribution is 2.27. The minimum absolute atomic E-state index is 0.259. The molecule has 0 saturated carbocycles. The number of anilines is 1. The van der Waals surface area contributed by atoms with Crippen LogP contribution in [-0.2, 0) is 9.59 Å². The van der Waals surface area contributed by atoms with E-state index in [-0.39, 0.29) is 5.91 Å². The molecule has 5 heteroatoms. The summed E-state index contributed by atoms with van der Waals surface area (Å²) in [5.41, 5.74) is 2.63. The van der Waals surface area contributed by atoms with Crippen molar-refractivity contribution < 1.29 is 14.7 Å². The van der Waals surface area contributed by atoms with Gasteiger partial charge in [-0.1, -0.05) is 61.9 Å². The van der Waals surface area contributed by atoms with E-state index in [0.717, 1.165) is 17.5 Å². The van der Waals surface area contributed by atoms with Crippen molar-refractivity contribution in [3.05, 3.63) is 54.6 Å². The Bertz CT molecular complexity index is 716. The second kappa shape index (κ2) is 8.99. The zero-order valence-electron chi connectivity index (χ0n) is 14.5. The second-order valence-electron chi connectivity index (χ2n) is 5.97. The van der Waals surface area contributed by atoms with Crippen LogP contribution >= 0.6 is 0 Å². The molecule has 0 heterocycles. The van der Waals surface area contributed by atoms with Gasteiger partial charge in [0.1, 0.15) is 6.04 Å². The molecule has 0 aliphatic carbocycles. The van der Waals surface area contributed by atoms with Crippen molar-refractivity contribution in [3.63, 3.8) is 0 Å². The molecule has 0 aliphatic heterocycles. The molecule has 2 aromatic rings. The Labute approximate surface area is 148 Å². The highest BCUT2D eigenvalue weighted by molar-refractivity contribution is 5.98. The number of carboxylic acids is 1. The van der Waals surface area contributed by atoms with Crippen molar-refractivity contribution in [2.75, 3.05) is 5.32 Å². The van der Waals surface area contributed by atoms with Crippen LogP contribution in [0.4, 0.5) is 5.69 Å². The fourth-order valence-corrected chi connectivity index (χ4v) is 2.65. The smallest absolute Gasteiger partial charge is 0.320 e. The molecule has 0 bridgehead atoms. The van der Waals surface area contributed by atoms with E-state index in [4.69, 9.17) is 0 Å². The molecule has 3 N–H and O–H groups in total. The summed E-state index contributed by atoms with van der Waals surface area (Å²) in [7, 11) is 0. The van der Waals surface area contributed by atoms with E-state index in [9.17, 15) is 14.7 Å². The molecule has 0 aliphatic rings. The zero-order chi connectivity index (χ0) is 18.2. The molecule has 1 amide bonds. The first-order valence-corrected chi connectivity index (χ1v) is 8.47. The maximum Gasteiger partial charge on any atom is 0.320 e. The number of carbonyl (C=O) groups is 2. The molecule has 132 valence electrons. The number of para-hydroxylation sites is 1. The second-order valence-corrected chi connectivity index (χ2v) is 5.97. The lowest BCUT2D eigenvalue weighted by Gasteiger charge is -2.20. The summed E-state index contributed by atoms with van der Waals surface area (Å²) < 4.78 is 0. The van der Waals surface area contributed by atoms with Gasteiger partial charge >= 0.3 is 5.97 Å². The molecule has 0 saturated heterocycles. The lowest BCUT2D eigenvalue weighted by molar-refractivity contribution is -0.140. The Balaban J connectivity index is 2.12. The summed E-state index contributed by atoms with van der Waals surface area (Å²) in [6, 6.07) is 16.0. The van der Waals surface area contributed by atoms with Crippen LogP contribution in [-0.4, -0.2) is 29.1 Å². The minimum Gasteiger partial charge on any atom is -0.480 e. The van der Waals surface area contributed by atoms with E-state index in [1.54, 1.807) is 6.92 Å². The van der Waals surface area contributed by atoms with E-state index < -0.39 is 18.1 Å². The van der Waals surface area contributed by atoms with Crippen molar-refractivity contribution in [3.8, 4) is 11.1 Å². The van der Waals surface area contributed by atoms with Gasteiger partial charge in [-0.05, 0) is 25.0 Å². The van der Waals surface area contributed by atoms with Crippen LogP contribution in [0.3, 0.4) is 0 Å². The number of benzene rings is 2. The van der Waals surface area contributed by atoms with E-state index in [1.807, 2.05) is 61.5 Å². The highest BCUT2D eigenvalue weighted by atomic mass is 16.4. The zero-order valence-corrected chi connectivity index (χ0v) is 14.5. The largest absolute Gasteiger partial charge is 0.480 e. The van der Waals surface area contributed by atoms with Crippen LogP contribution in [0.15, 0.2) is 54.6 Å². The van der Waals surface area contributed by atoms with Crippen molar-refractivity contribution in [1.82, 2.24) is 5.32 Å². The van der Waals surface area contributed by atoms with Crippen molar-refractivity contribution in [2.24, 2.45) is 0 Å². The normalized spacial score (nSPS) is 13.0. The molecule has 25 heavy (non-hydrogen) atoms. The fourth-order valence-electron chi connectivity index (χ4n) is 2.65. The molecule has 0 radical (unpaired) electrons. The van der Waals surface area contributed by atoms with Gasteiger partial charge in [0.05, 0.1) is 6.04 Å². The van der Waals surface area contributed by atoms with Gasteiger partial charge in [0, 0.05) is 11.3 Å². The summed E-state index contributed by atoms with van der Waals surface area (Å²) in [5, 5.41) is 15.0. The summed E-state index contributed by atoms with van der Waals surface area (Å²) >= 11 is 0. The molecule has 2 rings (SSSR count). The number of amides is 1. The minimum atomic E-state index is -0.939. The van der Waals surface area contributed by atoms with Crippen molar-refractivity contribution in [1.29, 1.82) is 0 Å². The van der Waals surface area contributed by atoms with Crippen LogP contribution in [0, 0.1) is 0 Å². The predicted molar refractivity (Wildman–Crippen MR) is 99.4 cm³/mol. The summed E-state index contributed by atoms with van der Waals surface area (Å²) in [4.78, 5) is 23.7. The van der Waals surface area contributed by atoms with Gasteiger partial charge in [-0.3, -0.25) is 14.9 Å². The number of rotatable bonds is 8. The van der Waals surface area contributed by atoms with Crippen LogP contribution in [0.1, 0.15) is 26.7 Å². The van der Waals surface area contributed by atoms with Crippen molar-refractivity contribution in [2.45, 2.75) is 38.8 Å². The molecule has 0 fully saturated rings. The van der Waals surface area contributed by atoms with Gasteiger partial charge < -0.3 is 10.4 Å². The number of aliphatic carboxylic acids is 1. The van der Waals surface area contributed by atoms with Crippen LogP contribution in [0.5, 0.6) is 0 Å². The summed E-state index contributed by atoms with van der Waals surface area (Å²) in [6.45, 7) is 3.59. The SMILES string of the molecule is CCCC(NC(C)C(=O)Nc1ccccc1-c1ccccc1)C(=O)O. The van der Waals surface area contributed by atoms with Gasteiger partial charge in [0.25, 0.3) is 0 Å². The summed E-state index contributed by atoms with van der Waals surface area (Å²) in [5.74, 6) is -1.20. The van der Waals surface area contributed by atoms with E-state index in [1.165, 1.54) is 0 Å². The first-order valence-electron chi connectivity index (χ1n) is 8.47. The molecular formula is C20H24N2O3. The van der Waals surface area contributed by atoms with Crippen LogP contribution in [0.25, 0.3) is 11.1 Å². The van der Waals surface area contributed by atoms with Gasteiger partial charge in [-0.15, -0.1) is 0 Å². The number of carboxylic acid groups (broad SMARTS) is 1. The first-order chi connectivity index (χ1) is 12.0. The number of nitrogens with one attached hydrogen (secondary N) is 2. The Morgan fingerprint density at radius 1 is 1.04 bits per heavy atom. The molecule has 2 aromatic carbocycles. The monoisotopic (exact) mass is 340 g/mol. The summed E-state index contributed by atoms with van der Waals surface area (Å²) in [6.07, 6.45) is 1.21. The lowest BCUT2D eigenvalue weighted by Crippen LogP contribution is -2.47. The van der Waals surface area contributed by atoms with E-state index in [0.29, 0.717) is 12.1 Å². The Hall–Kier alpha value is -2.66. The number of carbonyl (C=O) groups excluding carboxylic acids is 1. The lowest BCUT2D eigenvalue weighted by atomic mass is 10.0. The Kier molecular flexibility index (Phi) is 6.71. The highest BCUT2D eigenvalue weighted by Gasteiger charge is 2.22. The molecule has 5 nitrogen and oxygen atoms in total. The van der Waals surface area contributed by atoms with E-state index >= 15 is 0 Å². The van der Waals surface area contributed by atoms with Crippen LogP contribution in [0.2, 0.25) is 0 Å². The average molecular weight is 340 g/mol. The topological polar surface area (TPSA) is 78.4 Å². The molecule has 2 unspecified atom stereocenters. The van der Waals surface area contributed by atoms with Crippen LogP contribution < -0.4 is 10.6 Å². The van der Waals surface area contributed by atoms with Gasteiger partial charge in [0.2, 0.25) is 5.91 Å². The number of hydrogen-bond acceptors (Lipinski definition) is 3. The number of hydrogen-bond donors (Lipinski definition) is 3. The maximum atomic E-state index is 12.5. The maximum absolute atomic E-state index is 12.5. The predicted octanol–water partition coefficient (Wildman–Crippen LogP) is 3.52. The molecule has 0 spiro atoms. The van der Waals surface area contributed by atoms with Gasteiger partial charge in [-0.2, -0.15) is 0 Å². The molecule has 2 atom stereocenters. The third-order valence-corrected chi connectivity index (χ3v) is 3.99. The quantitative estimate of drug-likeness (QED) is 0.687. The standard InChI is InChI=1S/C20H24N2O3/c1-3-9-18(20(24)25)21-14(2)19(23)22-17-13-8-7-12-16(17)15-10-5-4-6-11-15/h4-8,10-14,18,21H,3,9H2,1-2H3,(H,22,23)(H,24,25). The third kappa shape index (κ3) is 5.16. The third-order valence-electron chi connectivity index (χ3n) is 3.99. The first kappa shape index (κ1) is 18.7. The van der Waals surface area contributed by atoms with E-state index in [2.05, 4.69) is 10.6 Å². The fraction of sp³-hybridized carbons (Fsp3) is 0.300. The Morgan fingerprint density at radius 3 is 2.32 bits per heavy atom. The average Bonchev–Trinajstić information content (AvgIpc) is 2.62. The van der Waals surface area contributed by atoms with Gasteiger partial charge in [0.15, 0.2) is 0 Å². The molecule has 0 aromatic heterocycles. The van der Waals surface area contributed by atoms with Crippen molar-refractivity contribution >= 4 is 17.6 Å². The van der Waals surface area contributed by atoms with Gasteiger partial charge in [-0.25, -0.2) is 0 Å². The molecular weight excluding hydrogens is 316 g/mol. The Morgan fingerprint density at radius 2 is 1.68 bits per heavy atom.